The highest BCUT2D eigenvalue weighted by atomic mass is 32.2. The van der Waals surface area contributed by atoms with Crippen LogP contribution in [0.4, 0.5) is 5.69 Å². The third-order valence-electron chi connectivity index (χ3n) is 3.49. The Morgan fingerprint density at radius 2 is 1.89 bits per heavy atom. The number of ketones is 1. The van der Waals surface area contributed by atoms with Gasteiger partial charge in [-0.25, -0.2) is 0 Å². The lowest BCUT2D eigenvalue weighted by Gasteiger charge is -2.08. The van der Waals surface area contributed by atoms with Gasteiger partial charge in [0.1, 0.15) is 0 Å². The molecule has 0 radical (unpaired) electrons. The van der Waals surface area contributed by atoms with Gasteiger partial charge < -0.3 is 10.1 Å². The molecule has 2 aromatic rings. The molecule has 0 spiro atoms. The standard InChI is InChI=1S/C20H23NO4S2/c1-14(2)10-19(23)21-16-7-5-15(6-8-16)18(22)11-25-20(24)13-26-12-17-4-3-9-27-17/h3-9,14H,10-13H2,1-2H3,(H,21,23). The number of amides is 1. The van der Waals surface area contributed by atoms with Crippen LogP contribution in [0.15, 0.2) is 41.8 Å². The van der Waals surface area contributed by atoms with Crippen LogP contribution in [0.1, 0.15) is 35.5 Å². The van der Waals surface area contributed by atoms with Gasteiger partial charge in [0.15, 0.2) is 12.4 Å². The topological polar surface area (TPSA) is 72.5 Å². The van der Waals surface area contributed by atoms with Crippen molar-refractivity contribution in [2.45, 2.75) is 26.0 Å². The molecule has 1 amide bonds. The van der Waals surface area contributed by atoms with Crippen molar-refractivity contribution in [2.75, 3.05) is 17.7 Å². The van der Waals surface area contributed by atoms with Crippen molar-refractivity contribution < 1.29 is 19.1 Å². The van der Waals surface area contributed by atoms with Crippen LogP contribution in [0, 0.1) is 5.92 Å². The van der Waals surface area contributed by atoms with Gasteiger partial charge in [-0.2, -0.15) is 0 Å². The number of benzene rings is 1. The maximum Gasteiger partial charge on any atom is 0.316 e. The number of thioether (sulfide) groups is 1. The molecule has 0 saturated carbocycles. The van der Waals surface area contributed by atoms with Crippen molar-refractivity contribution in [1.82, 2.24) is 0 Å². The first-order valence-corrected chi connectivity index (χ1v) is 10.7. The number of Topliss-reactive ketones (excluding diaryl/α,β-unsaturated/α-hetero) is 1. The third kappa shape index (κ3) is 7.97. The summed E-state index contributed by atoms with van der Waals surface area (Å²) < 4.78 is 5.04. The average Bonchev–Trinajstić information content (AvgIpc) is 3.13. The Bertz CT molecular complexity index is 755. The molecule has 2 rings (SSSR count). The largest absolute Gasteiger partial charge is 0.457 e. The van der Waals surface area contributed by atoms with E-state index in [1.165, 1.54) is 16.6 Å². The minimum absolute atomic E-state index is 0.0574. The lowest BCUT2D eigenvalue weighted by atomic mass is 10.1. The molecule has 0 atom stereocenters. The first kappa shape index (κ1) is 21.2. The van der Waals surface area contributed by atoms with Crippen LogP contribution in [0.3, 0.4) is 0 Å². The fourth-order valence-electron chi connectivity index (χ4n) is 2.22. The van der Waals surface area contributed by atoms with Gasteiger partial charge in [-0.05, 0) is 41.6 Å². The molecule has 0 aliphatic heterocycles. The predicted molar refractivity (Wildman–Crippen MR) is 110 cm³/mol. The molecule has 5 nitrogen and oxygen atoms in total. The zero-order chi connectivity index (χ0) is 19.6. The lowest BCUT2D eigenvalue weighted by molar-refractivity contribution is -0.139. The zero-order valence-corrected chi connectivity index (χ0v) is 17.0. The van der Waals surface area contributed by atoms with Gasteiger partial charge in [-0.1, -0.05) is 19.9 Å². The number of hydrogen-bond acceptors (Lipinski definition) is 6. The number of carbonyl (C=O) groups excluding carboxylic acids is 3. The summed E-state index contributed by atoms with van der Waals surface area (Å²) in [7, 11) is 0. The summed E-state index contributed by atoms with van der Waals surface area (Å²) in [4.78, 5) is 36.8. The van der Waals surface area contributed by atoms with Gasteiger partial charge >= 0.3 is 5.97 Å². The van der Waals surface area contributed by atoms with Crippen molar-refractivity contribution >= 4 is 46.4 Å². The number of esters is 1. The van der Waals surface area contributed by atoms with Crippen molar-refractivity contribution in [3.8, 4) is 0 Å². The molecule has 0 bridgehead atoms. The van der Waals surface area contributed by atoms with Crippen molar-refractivity contribution in [3.05, 3.63) is 52.2 Å². The molecule has 7 heteroatoms. The van der Waals surface area contributed by atoms with Crippen LogP contribution in [0.25, 0.3) is 0 Å². The fraction of sp³-hybridized carbons (Fsp3) is 0.350. The summed E-state index contributed by atoms with van der Waals surface area (Å²) >= 11 is 3.11. The first-order chi connectivity index (χ1) is 12.9. The van der Waals surface area contributed by atoms with Gasteiger partial charge in [0.25, 0.3) is 0 Å². The van der Waals surface area contributed by atoms with Crippen molar-refractivity contribution in [3.63, 3.8) is 0 Å². The minimum Gasteiger partial charge on any atom is -0.457 e. The number of ether oxygens (including phenoxy) is 1. The number of thiophene rings is 1. The van der Waals surface area contributed by atoms with E-state index in [4.69, 9.17) is 4.74 Å². The van der Waals surface area contributed by atoms with Gasteiger partial charge in [-0.3, -0.25) is 14.4 Å². The van der Waals surface area contributed by atoms with E-state index in [0.29, 0.717) is 17.7 Å². The summed E-state index contributed by atoms with van der Waals surface area (Å²) in [5.41, 5.74) is 1.08. The van der Waals surface area contributed by atoms with Crippen LogP contribution in [0.5, 0.6) is 0 Å². The maximum absolute atomic E-state index is 12.1. The van der Waals surface area contributed by atoms with Crippen LogP contribution in [-0.4, -0.2) is 30.0 Å². The molecule has 1 N–H and O–H groups in total. The van der Waals surface area contributed by atoms with E-state index >= 15 is 0 Å². The van der Waals surface area contributed by atoms with E-state index in [9.17, 15) is 14.4 Å². The number of rotatable bonds is 10. The molecular weight excluding hydrogens is 382 g/mol. The quantitative estimate of drug-likeness (QED) is 0.469. The van der Waals surface area contributed by atoms with Crippen LogP contribution < -0.4 is 5.32 Å². The number of hydrogen-bond donors (Lipinski definition) is 1. The predicted octanol–water partition coefficient (Wildman–Crippen LogP) is 4.39. The second kappa shape index (κ2) is 10.9. The number of anilines is 1. The summed E-state index contributed by atoms with van der Waals surface area (Å²) in [6, 6.07) is 10.6. The summed E-state index contributed by atoms with van der Waals surface area (Å²) in [5.74, 6) is 0.521. The smallest absolute Gasteiger partial charge is 0.316 e. The van der Waals surface area contributed by atoms with Gasteiger partial charge in [-0.15, -0.1) is 23.1 Å². The minimum atomic E-state index is -0.400. The summed E-state index contributed by atoms with van der Waals surface area (Å²) in [6.07, 6.45) is 0.446. The molecule has 0 fully saturated rings. The van der Waals surface area contributed by atoms with Crippen LogP contribution in [0.2, 0.25) is 0 Å². The molecule has 144 valence electrons. The van der Waals surface area contributed by atoms with E-state index in [1.54, 1.807) is 35.6 Å². The summed E-state index contributed by atoms with van der Waals surface area (Å²) in [5, 5.41) is 4.78. The van der Waals surface area contributed by atoms with E-state index in [2.05, 4.69) is 5.32 Å². The van der Waals surface area contributed by atoms with E-state index < -0.39 is 5.97 Å². The lowest BCUT2D eigenvalue weighted by Crippen LogP contribution is -2.16. The first-order valence-electron chi connectivity index (χ1n) is 8.63. The molecule has 0 aliphatic rings. The SMILES string of the molecule is CC(C)CC(=O)Nc1ccc(C(=O)COC(=O)CSCc2cccs2)cc1. The molecule has 1 aromatic carbocycles. The Balaban J connectivity index is 1.71. The third-order valence-corrected chi connectivity index (χ3v) is 5.51. The summed E-state index contributed by atoms with van der Waals surface area (Å²) in [6.45, 7) is 3.67. The number of carbonyl (C=O) groups is 3. The average molecular weight is 406 g/mol. The highest BCUT2D eigenvalue weighted by molar-refractivity contribution is 7.99. The zero-order valence-electron chi connectivity index (χ0n) is 15.4. The van der Waals surface area contributed by atoms with Crippen LogP contribution in [-0.2, 0) is 20.1 Å². The molecule has 1 aromatic heterocycles. The maximum atomic E-state index is 12.1. The molecule has 0 saturated heterocycles. The molecular formula is C20H23NO4S2. The van der Waals surface area contributed by atoms with Gasteiger partial charge in [0, 0.05) is 28.3 Å². The van der Waals surface area contributed by atoms with Gasteiger partial charge in [0.05, 0.1) is 5.75 Å². The monoisotopic (exact) mass is 405 g/mol. The number of nitrogens with one attached hydrogen (secondary N) is 1. The molecule has 0 unspecified atom stereocenters. The Labute approximate surface area is 167 Å². The van der Waals surface area contributed by atoms with Crippen molar-refractivity contribution in [1.29, 1.82) is 0 Å². The van der Waals surface area contributed by atoms with E-state index in [0.717, 1.165) is 5.75 Å². The fourth-order valence-corrected chi connectivity index (χ4v) is 3.88. The van der Waals surface area contributed by atoms with E-state index in [1.807, 2.05) is 31.4 Å². The molecule has 0 aliphatic carbocycles. The van der Waals surface area contributed by atoms with Gasteiger partial charge in [0.2, 0.25) is 5.91 Å². The van der Waals surface area contributed by atoms with Crippen LogP contribution >= 0.6 is 23.1 Å². The Kier molecular flexibility index (Phi) is 8.54. The Hall–Kier alpha value is -2.12. The highest BCUT2D eigenvalue weighted by Crippen LogP contribution is 2.17. The molecule has 27 heavy (non-hydrogen) atoms. The van der Waals surface area contributed by atoms with E-state index in [-0.39, 0.29) is 30.0 Å². The second-order valence-corrected chi connectivity index (χ2v) is 8.40. The Morgan fingerprint density at radius 3 is 2.52 bits per heavy atom. The highest BCUT2D eigenvalue weighted by Gasteiger charge is 2.11. The Morgan fingerprint density at radius 1 is 1.15 bits per heavy atom. The second-order valence-electron chi connectivity index (χ2n) is 6.38. The van der Waals surface area contributed by atoms with Crippen molar-refractivity contribution in [2.24, 2.45) is 5.92 Å². The molecule has 1 heterocycles. The normalized spacial score (nSPS) is 10.6.